The van der Waals surface area contributed by atoms with Crippen LogP contribution in [0.1, 0.15) is 18.1 Å². The van der Waals surface area contributed by atoms with Gasteiger partial charge < -0.3 is 19.5 Å². The van der Waals surface area contributed by atoms with Crippen molar-refractivity contribution in [3.63, 3.8) is 0 Å². The molecule has 36 heavy (non-hydrogen) atoms. The van der Waals surface area contributed by atoms with Crippen molar-refractivity contribution in [3.8, 4) is 23.3 Å². The highest BCUT2D eigenvalue weighted by Crippen LogP contribution is 2.35. The molecule has 9 heteroatoms. The van der Waals surface area contributed by atoms with Gasteiger partial charge in [0.25, 0.3) is 0 Å². The Morgan fingerprint density at radius 2 is 1.61 bits per heavy atom. The maximum Gasteiger partial charge on any atom is 0.329 e. The van der Waals surface area contributed by atoms with Gasteiger partial charge in [-0.25, -0.2) is 4.79 Å². The predicted molar refractivity (Wildman–Crippen MR) is 142 cm³/mol. The fraction of sp³-hybridized carbons (Fsp3) is 0.185. The van der Waals surface area contributed by atoms with E-state index in [0.29, 0.717) is 45.6 Å². The summed E-state index contributed by atoms with van der Waals surface area (Å²) < 4.78 is 32.1. The summed E-state index contributed by atoms with van der Waals surface area (Å²) in [7, 11) is -0.113. The number of thiol groups is 1. The van der Waals surface area contributed by atoms with Crippen molar-refractivity contribution in [2.45, 2.75) is 11.8 Å². The lowest BCUT2D eigenvalue weighted by atomic mass is 9.96. The van der Waals surface area contributed by atoms with E-state index in [0.717, 1.165) is 5.56 Å². The number of urea groups is 1. The number of ether oxygens (including phenoxy) is 3. The van der Waals surface area contributed by atoms with Crippen molar-refractivity contribution in [2.24, 2.45) is 0 Å². The molecule has 0 aromatic heterocycles. The standard InChI is InChI=1S/C27H29N3O5S/c1-5-35-26-18-20(12-14-25(26)34-3)22(15-16-28)19-11-13-24(33-2)23(17-19)29-27(31)30-36(4,32)21-9-7-6-8-10-21/h6-15,17-18,36H,5H2,1-4H3,(H2,29,30,31,32). The number of amides is 2. The molecule has 3 aromatic carbocycles. The van der Waals surface area contributed by atoms with Crippen LogP contribution in [-0.4, -0.2) is 37.3 Å². The molecule has 0 atom stereocenters. The lowest BCUT2D eigenvalue weighted by Crippen LogP contribution is -2.38. The molecule has 2 N–H and O–H groups in total. The summed E-state index contributed by atoms with van der Waals surface area (Å²) in [5.41, 5.74) is 2.34. The van der Waals surface area contributed by atoms with E-state index in [9.17, 15) is 14.3 Å². The summed E-state index contributed by atoms with van der Waals surface area (Å²) in [5.74, 6) is 1.53. The van der Waals surface area contributed by atoms with Crippen LogP contribution in [0.15, 0.2) is 77.7 Å². The molecule has 0 spiro atoms. The highest BCUT2D eigenvalue weighted by Gasteiger charge is 2.18. The summed E-state index contributed by atoms with van der Waals surface area (Å²) in [6.45, 7) is 2.32. The average Bonchev–Trinajstić information content (AvgIpc) is 2.87. The molecule has 0 unspecified atom stereocenters. The number of rotatable bonds is 9. The van der Waals surface area contributed by atoms with Crippen molar-refractivity contribution in [1.29, 1.82) is 5.26 Å². The quantitative estimate of drug-likeness (QED) is 0.284. The molecule has 2 amide bonds. The fourth-order valence-electron chi connectivity index (χ4n) is 3.60. The van der Waals surface area contributed by atoms with Crippen LogP contribution in [0, 0.1) is 11.3 Å². The number of hydrogen-bond acceptors (Lipinski definition) is 6. The number of nitrogens with zero attached hydrogens (tertiary/aromatic N) is 1. The van der Waals surface area contributed by atoms with Crippen LogP contribution in [-0.2, 0) is 10.1 Å². The van der Waals surface area contributed by atoms with Crippen LogP contribution < -0.4 is 24.2 Å². The van der Waals surface area contributed by atoms with E-state index in [-0.39, 0.29) is 0 Å². The number of hydrogen-bond donors (Lipinski definition) is 3. The SMILES string of the molecule is CCOc1cc(C(=CC#N)c2ccc(OC)c(NC(=O)N[SH](C)(=O)c3ccccc3)c2)ccc1OC. The van der Waals surface area contributed by atoms with Gasteiger partial charge in [-0.1, -0.05) is 30.3 Å². The van der Waals surface area contributed by atoms with E-state index in [4.69, 9.17) is 14.2 Å². The molecule has 188 valence electrons. The normalized spacial score (nSPS) is 11.7. The number of nitrogens with one attached hydrogen (secondary N) is 2. The Labute approximate surface area is 212 Å². The third-order valence-electron chi connectivity index (χ3n) is 5.31. The van der Waals surface area contributed by atoms with E-state index in [1.54, 1.807) is 61.7 Å². The Bertz CT molecular complexity index is 1350. The maximum absolute atomic E-state index is 13.1. The summed E-state index contributed by atoms with van der Waals surface area (Å²) in [6, 6.07) is 20.7. The smallest absolute Gasteiger partial charge is 0.329 e. The van der Waals surface area contributed by atoms with Crippen LogP contribution in [0.25, 0.3) is 5.57 Å². The van der Waals surface area contributed by atoms with E-state index in [1.165, 1.54) is 19.4 Å². The number of methoxy groups -OCH3 is 2. The van der Waals surface area contributed by atoms with Crippen molar-refractivity contribution in [3.05, 3.63) is 83.9 Å². The molecule has 0 saturated carbocycles. The van der Waals surface area contributed by atoms with E-state index in [1.807, 2.05) is 19.1 Å². The van der Waals surface area contributed by atoms with Crippen LogP contribution in [0.5, 0.6) is 17.2 Å². The summed E-state index contributed by atoms with van der Waals surface area (Å²) >= 11 is 0. The summed E-state index contributed by atoms with van der Waals surface area (Å²) in [6.07, 6.45) is 2.90. The summed E-state index contributed by atoms with van der Waals surface area (Å²) in [5, 5.41) is 12.2. The van der Waals surface area contributed by atoms with Gasteiger partial charge in [0.15, 0.2) is 11.5 Å². The first-order valence-corrected chi connectivity index (χ1v) is 13.3. The van der Waals surface area contributed by atoms with Crippen molar-refractivity contribution in [2.75, 3.05) is 32.4 Å². The Morgan fingerprint density at radius 1 is 0.972 bits per heavy atom. The molecule has 0 saturated heterocycles. The third-order valence-corrected chi connectivity index (χ3v) is 7.22. The highest BCUT2D eigenvalue weighted by molar-refractivity contribution is 8.01. The highest BCUT2D eigenvalue weighted by atomic mass is 32.3. The van der Waals surface area contributed by atoms with Gasteiger partial charge in [-0.05, 0) is 70.1 Å². The molecule has 8 nitrogen and oxygen atoms in total. The maximum atomic E-state index is 13.1. The average molecular weight is 508 g/mol. The van der Waals surface area contributed by atoms with Crippen LogP contribution in [0.4, 0.5) is 10.5 Å². The Morgan fingerprint density at radius 3 is 2.22 bits per heavy atom. The zero-order valence-corrected chi connectivity index (χ0v) is 21.5. The summed E-state index contributed by atoms with van der Waals surface area (Å²) in [4.78, 5) is 13.3. The number of carbonyl (C=O) groups is 1. The number of benzene rings is 3. The molecule has 3 rings (SSSR count). The zero-order chi connectivity index (χ0) is 26.1. The molecule has 0 radical (unpaired) electrons. The molecule has 3 aromatic rings. The van der Waals surface area contributed by atoms with Gasteiger partial charge in [0, 0.05) is 17.2 Å². The molecule has 0 fully saturated rings. The van der Waals surface area contributed by atoms with Gasteiger partial charge in [0.2, 0.25) is 0 Å². The van der Waals surface area contributed by atoms with Crippen molar-refractivity contribution < 1.29 is 23.2 Å². The van der Waals surface area contributed by atoms with Crippen LogP contribution in [0.3, 0.4) is 0 Å². The third kappa shape index (κ3) is 6.23. The minimum atomic E-state index is -3.15. The van der Waals surface area contributed by atoms with E-state index in [2.05, 4.69) is 16.1 Å². The Kier molecular flexibility index (Phi) is 8.71. The largest absolute Gasteiger partial charge is 0.495 e. The van der Waals surface area contributed by atoms with Crippen LogP contribution in [0.2, 0.25) is 0 Å². The Hall–Kier alpha value is -4.29. The monoisotopic (exact) mass is 507 g/mol. The van der Waals surface area contributed by atoms with Crippen molar-refractivity contribution >= 4 is 27.4 Å². The molecular weight excluding hydrogens is 478 g/mol. The van der Waals surface area contributed by atoms with Gasteiger partial charge in [0.05, 0.1) is 32.6 Å². The number of nitriles is 1. The van der Waals surface area contributed by atoms with Gasteiger partial charge in [-0.15, -0.1) is 0 Å². The first-order valence-electron chi connectivity index (χ1n) is 11.1. The molecule has 0 aliphatic carbocycles. The van der Waals surface area contributed by atoms with Gasteiger partial charge in [-0.2, -0.15) is 5.26 Å². The molecule has 0 aliphatic heterocycles. The second-order valence-electron chi connectivity index (χ2n) is 7.73. The molecule has 0 aliphatic rings. The van der Waals surface area contributed by atoms with E-state index >= 15 is 0 Å². The lowest BCUT2D eigenvalue weighted by Gasteiger charge is -2.22. The first kappa shape index (κ1) is 26.3. The second kappa shape index (κ2) is 11.9. The minimum Gasteiger partial charge on any atom is -0.495 e. The predicted octanol–water partition coefficient (Wildman–Crippen LogP) is 4.80. The Balaban J connectivity index is 1.94. The van der Waals surface area contributed by atoms with Gasteiger partial charge >= 0.3 is 6.03 Å². The number of allylic oxidation sites excluding steroid dienone is 1. The molecule has 0 heterocycles. The van der Waals surface area contributed by atoms with Gasteiger partial charge in [0.1, 0.15) is 5.75 Å². The lowest BCUT2D eigenvalue weighted by molar-refractivity contribution is 0.256. The second-order valence-corrected chi connectivity index (χ2v) is 10.3. The van der Waals surface area contributed by atoms with Crippen molar-refractivity contribution in [1.82, 2.24) is 4.72 Å². The molecule has 0 bridgehead atoms. The number of carbonyl (C=O) groups excluding carboxylic acids is 1. The topological polar surface area (TPSA) is 110 Å². The fourth-order valence-corrected chi connectivity index (χ4v) is 4.92. The van der Waals surface area contributed by atoms with Crippen LogP contribution >= 0.6 is 0 Å². The van der Waals surface area contributed by atoms with E-state index < -0.39 is 16.1 Å². The number of anilines is 1. The zero-order valence-electron chi connectivity index (χ0n) is 20.6. The minimum absolute atomic E-state index is 0.350. The molecular formula is C27H29N3O5S. The van der Waals surface area contributed by atoms with Gasteiger partial charge in [-0.3, -0.25) is 8.93 Å². The first-order chi connectivity index (χ1) is 17.3.